The van der Waals surface area contributed by atoms with E-state index in [1.54, 1.807) is 0 Å². The summed E-state index contributed by atoms with van der Waals surface area (Å²) in [5.74, 6) is 0.501. The number of hydrogen-bond acceptors (Lipinski definition) is 2. The average molecular weight is 376 g/mol. The number of carbonyl (C=O) groups is 1. The minimum absolute atomic E-state index is 0.0810. The third kappa shape index (κ3) is 2.95. The number of likely N-dealkylation sites (tertiary alicyclic amines) is 1. The van der Waals surface area contributed by atoms with E-state index in [0.29, 0.717) is 11.5 Å². The fourth-order valence-corrected chi connectivity index (χ4v) is 3.45. The number of carbonyl (C=O) groups excluding carboxylic acids is 1. The third-order valence-corrected chi connectivity index (χ3v) is 4.57. The number of rotatable bonds is 2. The van der Waals surface area contributed by atoms with Crippen LogP contribution in [0.25, 0.3) is 0 Å². The second-order valence-corrected chi connectivity index (χ2v) is 6.55. The molecule has 3 nitrogen and oxygen atoms in total. The summed E-state index contributed by atoms with van der Waals surface area (Å²) in [5, 5.41) is 0. The first-order valence-electron chi connectivity index (χ1n) is 5.99. The molecule has 1 fully saturated rings. The SMILES string of the molecule is CC(N)C1CCN(C(=O)c2ccc(Br)cc2Br)C1. The van der Waals surface area contributed by atoms with Gasteiger partial charge in [0.2, 0.25) is 0 Å². The van der Waals surface area contributed by atoms with Gasteiger partial charge in [-0.15, -0.1) is 0 Å². The lowest BCUT2D eigenvalue weighted by Gasteiger charge is -2.18. The molecule has 0 bridgehead atoms. The predicted molar refractivity (Wildman–Crippen MR) is 79.5 cm³/mol. The monoisotopic (exact) mass is 374 g/mol. The molecule has 2 N–H and O–H groups in total. The van der Waals surface area contributed by atoms with Crippen LogP contribution < -0.4 is 5.73 Å². The maximum absolute atomic E-state index is 12.4. The Morgan fingerprint density at radius 2 is 2.22 bits per heavy atom. The van der Waals surface area contributed by atoms with Gasteiger partial charge < -0.3 is 10.6 Å². The minimum Gasteiger partial charge on any atom is -0.338 e. The first-order chi connectivity index (χ1) is 8.49. The molecule has 1 aromatic rings. The number of amides is 1. The zero-order chi connectivity index (χ0) is 13.3. The third-order valence-electron chi connectivity index (χ3n) is 3.42. The quantitative estimate of drug-likeness (QED) is 0.863. The van der Waals surface area contributed by atoms with E-state index in [1.165, 1.54) is 0 Å². The van der Waals surface area contributed by atoms with Crippen LogP contribution in [-0.4, -0.2) is 29.9 Å². The number of halogens is 2. The van der Waals surface area contributed by atoms with E-state index in [2.05, 4.69) is 31.9 Å². The molecule has 0 spiro atoms. The van der Waals surface area contributed by atoms with Crippen LogP contribution in [0.3, 0.4) is 0 Å². The number of benzene rings is 1. The van der Waals surface area contributed by atoms with Crippen molar-refractivity contribution in [3.05, 3.63) is 32.7 Å². The molecule has 0 saturated carbocycles. The molecule has 0 aliphatic carbocycles. The molecule has 2 rings (SSSR count). The Morgan fingerprint density at radius 1 is 1.50 bits per heavy atom. The van der Waals surface area contributed by atoms with Crippen LogP contribution in [0.1, 0.15) is 23.7 Å². The van der Waals surface area contributed by atoms with Crippen molar-refractivity contribution in [3.63, 3.8) is 0 Å². The molecular formula is C13H16Br2N2O. The summed E-state index contributed by atoms with van der Waals surface area (Å²) in [4.78, 5) is 14.3. The van der Waals surface area contributed by atoms with Gasteiger partial charge in [0.25, 0.3) is 5.91 Å². The first kappa shape index (κ1) is 14.0. The molecule has 0 radical (unpaired) electrons. The molecule has 2 unspecified atom stereocenters. The molecule has 1 aliphatic heterocycles. The zero-order valence-electron chi connectivity index (χ0n) is 10.2. The highest BCUT2D eigenvalue weighted by Crippen LogP contribution is 2.26. The molecular weight excluding hydrogens is 360 g/mol. The van der Waals surface area contributed by atoms with Crippen molar-refractivity contribution in [1.82, 2.24) is 4.90 Å². The molecule has 1 saturated heterocycles. The summed E-state index contributed by atoms with van der Waals surface area (Å²) in [6, 6.07) is 5.77. The number of hydrogen-bond donors (Lipinski definition) is 1. The molecule has 1 heterocycles. The van der Waals surface area contributed by atoms with Crippen LogP contribution in [-0.2, 0) is 0 Å². The van der Waals surface area contributed by atoms with Gasteiger partial charge >= 0.3 is 0 Å². The van der Waals surface area contributed by atoms with Gasteiger partial charge in [-0.3, -0.25) is 4.79 Å². The summed E-state index contributed by atoms with van der Waals surface area (Å²) >= 11 is 6.82. The lowest BCUT2D eigenvalue weighted by Crippen LogP contribution is -2.33. The van der Waals surface area contributed by atoms with Crippen LogP contribution in [0, 0.1) is 5.92 Å². The van der Waals surface area contributed by atoms with Crippen LogP contribution in [0.4, 0.5) is 0 Å². The number of nitrogens with zero attached hydrogens (tertiary/aromatic N) is 1. The van der Waals surface area contributed by atoms with Crippen molar-refractivity contribution in [2.24, 2.45) is 11.7 Å². The fraction of sp³-hybridized carbons (Fsp3) is 0.462. The Bertz CT molecular complexity index is 462. The van der Waals surface area contributed by atoms with E-state index in [0.717, 1.165) is 28.5 Å². The Morgan fingerprint density at radius 3 is 2.78 bits per heavy atom. The average Bonchev–Trinajstić information content (AvgIpc) is 2.77. The summed E-state index contributed by atoms with van der Waals surface area (Å²) in [7, 11) is 0. The maximum atomic E-state index is 12.4. The first-order valence-corrected chi connectivity index (χ1v) is 7.57. The van der Waals surface area contributed by atoms with Gasteiger partial charge in [0, 0.05) is 28.1 Å². The van der Waals surface area contributed by atoms with Crippen LogP contribution in [0.15, 0.2) is 27.1 Å². The van der Waals surface area contributed by atoms with Crippen LogP contribution >= 0.6 is 31.9 Å². The van der Waals surface area contributed by atoms with Crippen molar-refractivity contribution in [3.8, 4) is 0 Å². The lowest BCUT2D eigenvalue weighted by molar-refractivity contribution is 0.0785. The molecule has 18 heavy (non-hydrogen) atoms. The lowest BCUT2D eigenvalue weighted by atomic mass is 10.0. The highest BCUT2D eigenvalue weighted by atomic mass is 79.9. The molecule has 1 aromatic carbocycles. The second-order valence-electron chi connectivity index (χ2n) is 4.78. The van der Waals surface area contributed by atoms with Gasteiger partial charge in [0.1, 0.15) is 0 Å². The van der Waals surface area contributed by atoms with Gasteiger partial charge in [0.15, 0.2) is 0 Å². The van der Waals surface area contributed by atoms with Crippen molar-refractivity contribution in [1.29, 1.82) is 0 Å². The standard InChI is InChI=1S/C13H16Br2N2O/c1-8(16)9-4-5-17(7-9)13(18)11-3-2-10(14)6-12(11)15/h2-3,6,8-9H,4-5,7,16H2,1H3. The largest absolute Gasteiger partial charge is 0.338 e. The highest BCUT2D eigenvalue weighted by molar-refractivity contribution is 9.11. The Hall–Kier alpha value is -0.390. The van der Waals surface area contributed by atoms with Crippen LogP contribution in [0.2, 0.25) is 0 Å². The summed E-state index contributed by atoms with van der Waals surface area (Å²) < 4.78 is 1.78. The molecule has 1 aliphatic rings. The van der Waals surface area contributed by atoms with E-state index in [4.69, 9.17) is 5.73 Å². The topological polar surface area (TPSA) is 46.3 Å². The maximum Gasteiger partial charge on any atom is 0.255 e. The summed E-state index contributed by atoms with van der Waals surface area (Å²) in [6.07, 6.45) is 0.998. The normalized spacial score (nSPS) is 21.1. The minimum atomic E-state index is 0.0810. The summed E-state index contributed by atoms with van der Waals surface area (Å²) in [5.41, 5.74) is 6.61. The van der Waals surface area contributed by atoms with E-state index in [-0.39, 0.29) is 11.9 Å². The van der Waals surface area contributed by atoms with Gasteiger partial charge in [0.05, 0.1) is 5.56 Å². The van der Waals surface area contributed by atoms with Crippen molar-refractivity contribution >= 4 is 37.8 Å². The van der Waals surface area contributed by atoms with E-state index in [9.17, 15) is 4.79 Å². The Kier molecular flexibility index (Phi) is 4.45. The van der Waals surface area contributed by atoms with Gasteiger partial charge in [-0.05, 0) is 53.4 Å². The van der Waals surface area contributed by atoms with Crippen LogP contribution in [0.5, 0.6) is 0 Å². The van der Waals surface area contributed by atoms with Crippen molar-refractivity contribution in [2.75, 3.05) is 13.1 Å². The Labute approximate surface area is 124 Å². The zero-order valence-corrected chi connectivity index (χ0v) is 13.4. The molecule has 98 valence electrons. The molecule has 2 atom stereocenters. The van der Waals surface area contributed by atoms with E-state index >= 15 is 0 Å². The van der Waals surface area contributed by atoms with E-state index < -0.39 is 0 Å². The molecule has 0 aromatic heterocycles. The van der Waals surface area contributed by atoms with Gasteiger partial charge in [-0.1, -0.05) is 15.9 Å². The fourth-order valence-electron chi connectivity index (χ4n) is 2.23. The van der Waals surface area contributed by atoms with Gasteiger partial charge in [-0.25, -0.2) is 0 Å². The second kappa shape index (κ2) is 5.72. The smallest absolute Gasteiger partial charge is 0.255 e. The summed E-state index contributed by atoms with van der Waals surface area (Å²) in [6.45, 7) is 3.57. The molecule has 1 amide bonds. The van der Waals surface area contributed by atoms with E-state index in [1.807, 2.05) is 30.0 Å². The predicted octanol–water partition coefficient (Wildman–Crippen LogP) is 3.02. The van der Waals surface area contributed by atoms with Crippen molar-refractivity contribution < 1.29 is 4.79 Å². The van der Waals surface area contributed by atoms with Gasteiger partial charge in [-0.2, -0.15) is 0 Å². The van der Waals surface area contributed by atoms with Crippen molar-refractivity contribution in [2.45, 2.75) is 19.4 Å². The number of nitrogens with two attached hydrogens (primary N) is 1. The highest BCUT2D eigenvalue weighted by Gasteiger charge is 2.29. The molecule has 5 heteroatoms. The Balaban J connectivity index is 2.13.